The molecule has 166 valence electrons. The van der Waals surface area contributed by atoms with Crippen molar-refractivity contribution >= 4 is 45.9 Å². The van der Waals surface area contributed by atoms with Crippen LogP contribution in [0.15, 0.2) is 72.8 Å². The third-order valence-corrected chi connectivity index (χ3v) is 6.45. The summed E-state index contributed by atoms with van der Waals surface area (Å²) >= 11 is 12.1. The summed E-state index contributed by atoms with van der Waals surface area (Å²) in [5.74, 6) is -0.269. The van der Waals surface area contributed by atoms with Gasteiger partial charge in [0.15, 0.2) is 5.69 Å². The van der Waals surface area contributed by atoms with Gasteiger partial charge in [-0.15, -0.1) is 0 Å². The molecular formula is C25H20Cl2N4O2. The minimum Gasteiger partial charge on any atom is -0.333 e. The first-order chi connectivity index (χ1) is 16.0. The van der Waals surface area contributed by atoms with E-state index in [2.05, 4.69) is 10.2 Å². The van der Waals surface area contributed by atoms with Gasteiger partial charge in [-0.3, -0.25) is 14.7 Å². The van der Waals surface area contributed by atoms with Crippen LogP contribution < -0.4 is 0 Å². The van der Waals surface area contributed by atoms with Gasteiger partial charge in [0, 0.05) is 40.6 Å². The highest BCUT2D eigenvalue weighted by atomic mass is 35.5. The molecule has 0 bridgehead atoms. The van der Waals surface area contributed by atoms with Crippen molar-refractivity contribution in [1.29, 1.82) is 0 Å². The maximum atomic E-state index is 13.4. The average molecular weight is 479 g/mol. The number of piperazine rings is 1. The fourth-order valence-corrected chi connectivity index (χ4v) is 4.47. The number of aromatic amines is 1. The Morgan fingerprint density at radius 2 is 1.52 bits per heavy atom. The highest BCUT2D eigenvalue weighted by molar-refractivity contribution is 6.30. The molecule has 1 atom stereocenters. The molecule has 1 aliphatic rings. The summed E-state index contributed by atoms with van der Waals surface area (Å²) in [7, 11) is 0. The van der Waals surface area contributed by atoms with Crippen LogP contribution in [0.3, 0.4) is 0 Å². The van der Waals surface area contributed by atoms with Crippen molar-refractivity contribution in [3.63, 3.8) is 0 Å². The molecule has 6 nitrogen and oxygen atoms in total. The number of aromatic nitrogens is 2. The molecular weight excluding hydrogens is 459 g/mol. The van der Waals surface area contributed by atoms with Crippen molar-refractivity contribution in [3.05, 3.63) is 99.7 Å². The number of H-pyrrole nitrogens is 1. The third kappa shape index (κ3) is 4.19. The van der Waals surface area contributed by atoms with Crippen LogP contribution >= 0.6 is 23.2 Å². The highest BCUT2D eigenvalue weighted by Gasteiger charge is 2.35. The zero-order valence-corrected chi connectivity index (χ0v) is 19.1. The van der Waals surface area contributed by atoms with Crippen LogP contribution in [0.1, 0.15) is 32.5 Å². The van der Waals surface area contributed by atoms with Crippen molar-refractivity contribution < 1.29 is 9.59 Å². The van der Waals surface area contributed by atoms with Crippen molar-refractivity contribution in [2.75, 3.05) is 19.6 Å². The second-order valence-electron chi connectivity index (χ2n) is 7.94. The van der Waals surface area contributed by atoms with E-state index in [1.807, 2.05) is 36.4 Å². The number of amides is 2. The fourth-order valence-electron chi connectivity index (χ4n) is 4.22. The normalized spacial score (nSPS) is 16.2. The molecule has 0 radical (unpaired) electrons. The first-order valence-electron chi connectivity index (χ1n) is 10.6. The van der Waals surface area contributed by atoms with Gasteiger partial charge < -0.3 is 9.80 Å². The number of benzene rings is 3. The second kappa shape index (κ2) is 8.89. The number of fused-ring (bicyclic) bond motifs is 1. The summed E-state index contributed by atoms with van der Waals surface area (Å²) in [6.07, 6.45) is 0. The maximum Gasteiger partial charge on any atom is 0.275 e. The smallest absolute Gasteiger partial charge is 0.275 e. The molecule has 1 aromatic heterocycles. The Kier molecular flexibility index (Phi) is 5.79. The van der Waals surface area contributed by atoms with E-state index in [1.54, 1.807) is 46.2 Å². The highest BCUT2D eigenvalue weighted by Crippen LogP contribution is 2.30. The Bertz CT molecular complexity index is 1320. The second-order valence-corrected chi connectivity index (χ2v) is 8.81. The van der Waals surface area contributed by atoms with E-state index in [1.165, 1.54) is 0 Å². The molecule has 1 fully saturated rings. The van der Waals surface area contributed by atoms with Crippen LogP contribution in [0, 0.1) is 0 Å². The number of rotatable bonds is 3. The zero-order valence-electron chi connectivity index (χ0n) is 17.5. The lowest BCUT2D eigenvalue weighted by atomic mass is 10.0. The molecule has 0 aliphatic carbocycles. The number of halogens is 2. The quantitative estimate of drug-likeness (QED) is 0.439. The van der Waals surface area contributed by atoms with Gasteiger partial charge in [0.1, 0.15) is 0 Å². The summed E-state index contributed by atoms with van der Waals surface area (Å²) in [6.45, 7) is 1.15. The summed E-state index contributed by atoms with van der Waals surface area (Å²) < 4.78 is 0. The van der Waals surface area contributed by atoms with E-state index >= 15 is 0 Å². The van der Waals surface area contributed by atoms with E-state index < -0.39 is 0 Å². The van der Waals surface area contributed by atoms with Gasteiger partial charge in [0.25, 0.3) is 11.8 Å². The van der Waals surface area contributed by atoms with Crippen molar-refractivity contribution in [1.82, 2.24) is 20.0 Å². The van der Waals surface area contributed by atoms with Crippen molar-refractivity contribution in [2.45, 2.75) is 6.04 Å². The number of hydrogen-bond donors (Lipinski definition) is 1. The molecule has 4 aromatic rings. The average Bonchev–Trinajstić information content (AvgIpc) is 3.28. The van der Waals surface area contributed by atoms with Gasteiger partial charge in [-0.05, 0) is 48.0 Å². The minimum atomic E-state index is -0.326. The molecule has 2 heterocycles. The van der Waals surface area contributed by atoms with Crippen LogP contribution in [-0.4, -0.2) is 51.4 Å². The first-order valence-corrected chi connectivity index (χ1v) is 11.3. The van der Waals surface area contributed by atoms with Crippen LogP contribution in [0.25, 0.3) is 10.9 Å². The minimum absolute atomic E-state index is 0.107. The molecule has 0 saturated carbocycles. The zero-order chi connectivity index (χ0) is 22.9. The molecule has 8 heteroatoms. The van der Waals surface area contributed by atoms with Gasteiger partial charge in [0.05, 0.1) is 11.6 Å². The van der Waals surface area contributed by atoms with Crippen LogP contribution in [0.5, 0.6) is 0 Å². The SMILES string of the molecule is O=C(c1n[nH]c2ccccc12)N1CCN(C(=O)c2ccc(Cl)cc2)C(c2ccc(Cl)cc2)C1. The summed E-state index contributed by atoms with van der Waals surface area (Å²) in [6, 6.07) is 21.4. The standard InChI is InChI=1S/C25H20Cl2N4O2/c26-18-9-5-16(6-10-18)22-15-30(25(33)23-20-3-1-2-4-21(20)28-29-23)13-14-31(22)24(32)17-7-11-19(27)12-8-17/h1-12,22H,13-15H2,(H,28,29). The Labute approximate surface area is 200 Å². The summed E-state index contributed by atoms with van der Waals surface area (Å²) in [5.41, 5.74) is 2.66. The van der Waals surface area contributed by atoms with Gasteiger partial charge in [0.2, 0.25) is 0 Å². The molecule has 2 amide bonds. The largest absolute Gasteiger partial charge is 0.333 e. The number of nitrogens with zero attached hydrogens (tertiary/aromatic N) is 3. The van der Waals surface area contributed by atoms with Gasteiger partial charge in [-0.2, -0.15) is 5.10 Å². The van der Waals surface area contributed by atoms with Gasteiger partial charge >= 0.3 is 0 Å². The number of para-hydroxylation sites is 1. The predicted molar refractivity (Wildman–Crippen MR) is 129 cm³/mol. The van der Waals surface area contributed by atoms with Crippen LogP contribution in [0.4, 0.5) is 0 Å². The fraction of sp³-hybridized carbons (Fsp3) is 0.160. The van der Waals surface area contributed by atoms with E-state index in [-0.39, 0.29) is 17.9 Å². The Hall–Kier alpha value is -3.35. The van der Waals surface area contributed by atoms with E-state index in [0.29, 0.717) is 40.9 Å². The van der Waals surface area contributed by atoms with Crippen LogP contribution in [-0.2, 0) is 0 Å². The molecule has 5 rings (SSSR count). The van der Waals surface area contributed by atoms with Crippen molar-refractivity contribution in [3.8, 4) is 0 Å². The van der Waals surface area contributed by atoms with E-state index in [0.717, 1.165) is 16.5 Å². The lowest BCUT2D eigenvalue weighted by Crippen LogP contribution is -2.52. The molecule has 0 spiro atoms. The van der Waals surface area contributed by atoms with E-state index in [9.17, 15) is 9.59 Å². The van der Waals surface area contributed by atoms with Crippen LogP contribution in [0.2, 0.25) is 10.0 Å². The molecule has 1 unspecified atom stereocenters. The number of carbonyl (C=O) groups is 2. The number of hydrogen-bond acceptors (Lipinski definition) is 3. The molecule has 1 aliphatic heterocycles. The maximum absolute atomic E-state index is 13.4. The Balaban J connectivity index is 1.46. The van der Waals surface area contributed by atoms with Gasteiger partial charge in [-0.1, -0.05) is 53.5 Å². The lowest BCUT2D eigenvalue weighted by molar-refractivity contribution is 0.0381. The molecule has 1 saturated heterocycles. The summed E-state index contributed by atoms with van der Waals surface area (Å²) in [4.78, 5) is 30.3. The third-order valence-electron chi connectivity index (χ3n) is 5.95. The predicted octanol–water partition coefficient (Wildman–Crippen LogP) is 5.21. The Morgan fingerprint density at radius 3 is 2.24 bits per heavy atom. The van der Waals surface area contributed by atoms with Crippen molar-refractivity contribution in [2.24, 2.45) is 0 Å². The monoisotopic (exact) mass is 478 g/mol. The number of nitrogens with one attached hydrogen (secondary N) is 1. The molecule has 33 heavy (non-hydrogen) atoms. The molecule has 3 aromatic carbocycles. The molecule has 1 N–H and O–H groups in total. The number of carbonyl (C=O) groups excluding carboxylic acids is 2. The summed E-state index contributed by atoms with van der Waals surface area (Å²) in [5, 5.41) is 9.15. The Morgan fingerprint density at radius 1 is 0.848 bits per heavy atom. The van der Waals surface area contributed by atoms with Gasteiger partial charge in [-0.25, -0.2) is 0 Å². The van der Waals surface area contributed by atoms with E-state index in [4.69, 9.17) is 23.2 Å². The topological polar surface area (TPSA) is 69.3 Å². The first kappa shape index (κ1) is 21.5. The lowest BCUT2D eigenvalue weighted by Gasteiger charge is -2.41.